The molecule has 1 N–H and O–H groups in total. The van der Waals surface area contributed by atoms with Crippen LogP contribution in [0.2, 0.25) is 0 Å². The number of piperazine rings is 1. The van der Waals surface area contributed by atoms with Crippen LogP contribution in [0.5, 0.6) is 11.5 Å². The number of amides is 1. The quantitative estimate of drug-likeness (QED) is 0.781. The number of rotatable bonds is 5. The van der Waals surface area contributed by atoms with E-state index in [-0.39, 0.29) is 5.91 Å². The molecule has 1 saturated carbocycles. The maximum Gasteiger partial charge on any atom is 0.251 e. The number of nitriles is 1. The van der Waals surface area contributed by atoms with Gasteiger partial charge < -0.3 is 14.8 Å². The summed E-state index contributed by atoms with van der Waals surface area (Å²) in [5.41, 5.74) is 2.63. The first-order valence-electron chi connectivity index (χ1n) is 11.4. The minimum atomic E-state index is -0.484. The normalized spacial score (nSPS) is 19.7. The molecule has 0 atom stereocenters. The smallest absolute Gasteiger partial charge is 0.251 e. The van der Waals surface area contributed by atoms with E-state index in [0.717, 1.165) is 75.6 Å². The van der Waals surface area contributed by atoms with Gasteiger partial charge in [0.25, 0.3) is 5.79 Å². The first-order valence-corrected chi connectivity index (χ1v) is 11.4. The van der Waals surface area contributed by atoms with Crippen molar-refractivity contribution in [3.05, 3.63) is 53.6 Å². The minimum Gasteiger partial charge on any atom is -0.448 e. The largest absolute Gasteiger partial charge is 0.448 e. The Morgan fingerprint density at radius 1 is 0.969 bits per heavy atom. The van der Waals surface area contributed by atoms with Crippen molar-refractivity contribution in [3.63, 3.8) is 0 Å². The number of carbonyl (C=O) groups excluding carboxylic acids is 1. The monoisotopic (exact) mass is 432 g/mol. The zero-order valence-corrected chi connectivity index (χ0v) is 18.2. The van der Waals surface area contributed by atoms with E-state index in [1.165, 1.54) is 5.56 Å². The van der Waals surface area contributed by atoms with Gasteiger partial charge in [0.15, 0.2) is 11.5 Å². The SMILES string of the molecule is N#Cc1ccc(CN2CCN(CC(=O)Nc3ccc4c(c3)OC3(CCCC3)O4)CC2)cc1. The molecule has 1 amide bonds. The predicted octanol–water partition coefficient (Wildman–Crippen LogP) is 3.36. The Kier molecular flexibility index (Phi) is 5.73. The fourth-order valence-electron chi connectivity index (χ4n) is 4.74. The van der Waals surface area contributed by atoms with E-state index in [9.17, 15) is 4.79 Å². The molecule has 5 rings (SSSR count). The molecule has 166 valence electrons. The van der Waals surface area contributed by atoms with Gasteiger partial charge in [-0.25, -0.2) is 0 Å². The van der Waals surface area contributed by atoms with Crippen LogP contribution in [0.25, 0.3) is 0 Å². The van der Waals surface area contributed by atoms with Gasteiger partial charge in [0.1, 0.15) is 0 Å². The van der Waals surface area contributed by atoms with E-state index in [0.29, 0.717) is 12.1 Å². The first-order chi connectivity index (χ1) is 15.6. The van der Waals surface area contributed by atoms with Crippen LogP contribution < -0.4 is 14.8 Å². The maximum absolute atomic E-state index is 12.6. The third-order valence-electron chi connectivity index (χ3n) is 6.51. The molecule has 2 aromatic carbocycles. The van der Waals surface area contributed by atoms with Gasteiger partial charge in [0.05, 0.1) is 18.2 Å². The van der Waals surface area contributed by atoms with Crippen molar-refractivity contribution in [1.82, 2.24) is 9.80 Å². The molecule has 3 aliphatic rings. The fourth-order valence-corrected chi connectivity index (χ4v) is 4.74. The van der Waals surface area contributed by atoms with Crippen LogP contribution in [-0.4, -0.2) is 54.2 Å². The summed E-state index contributed by atoms with van der Waals surface area (Å²) < 4.78 is 12.1. The highest BCUT2D eigenvalue weighted by Crippen LogP contribution is 2.47. The van der Waals surface area contributed by atoms with E-state index >= 15 is 0 Å². The summed E-state index contributed by atoms with van der Waals surface area (Å²) in [7, 11) is 0. The minimum absolute atomic E-state index is 0.0139. The van der Waals surface area contributed by atoms with Crippen molar-refractivity contribution >= 4 is 11.6 Å². The van der Waals surface area contributed by atoms with Crippen LogP contribution in [0.4, 0.5) is 5.69 Å². The number of hydrogen-bond acceptors (Lipinski definition) is 6. The number of anilines is 1. The summed E-state index contributed by atoms with van der Waals surface area (Å²) in [5.74, 6) is 0.993. The van der Waals surface area contributed by atoms with Gasteiger partial charge in [-0.1, -0.05) is 12.1 Å². The highest BCUT2D eigenvalue weighted by Gasteiger charge is 2.44. The van der Waals surface area contributed by atoms with Crippen molar-refractivity contribution in [2.75, 3.05) is 38.0 Å². The zero-order valence-electron chi connectivity index (χ0n) is 18.2. The second-order valence-corrected chi connectivity index (χ2v) is 8.89. The molecule has 7 heteroatoms. The topological polar surface area (TPSA) is 77.8 Å². The number of carbonyl (C=O) groups is 1. The van der Waals surface area contributed by atoms with Gasteiger partial charge in [0.2, 0.25) is 5.91 Å². The van der Waals surface area contributed by atoms with Crippen molar-refractivity contribution in [2.24, 2.45) is 0 Å². The van der Waals surface area contributed by atoms with Gasteiger partial charge in [-0.3, -0.25) is 14.6 Å². The second kappa shape index (κ2) is 8.81. The Morgan fingerprint density at radius 2 is 1.66 bits per heavy atom. The average Bonchev–Trinajstić information content (AvgIpc) is 3.41. The molecule has 1 aliphatic carbocycles. The van der Waals surface area contributed by atoms with Crippen LogP contribution in [0.15, 0.2) is 42.5 Å². The lowest BCUT2D eigenvalue weighted by Crippen LogP contribution is -2.48. The van der Waals surface area contributed by atoms with Gasteiger partial charge in [-0.05, 0) is 42.7 Å². The molecule has 0 aromatic heterocycles. The van der Waals surface area contributed by atoms with E-state index in [2.05, 4.69) is 21.2 Å². The lowest BCUT2D eigenvalue weighted by atomic mass is 10.1. The van der Waals surface area contributed by atoms with E-state index < -0.39 is 5.79 Å². The third kappa shape index (κ3) is 4.57. The standard InChI is InChI=1S/C25H28N4O3/c26-16-19-3-5-20(6-4-19)17-28-11-13-29(14-12-28)18-24(30)27-21-7-8-22-23(15-21)32-25(31-22)9-1-2-10-25/h3-8,15H,1-2,9-14,17-18H2,(H,27,30). The first kappa shape index (κ1) is 20.8. The number of hydrogen-bond donors (Lipinski definition) is 1. The number of fused-ring (bicyclic) bond motifs is 1. The summed E-state index contributed by atoms with van der Waals surface area (Å²) in [5, 5.41) is 11.9. The van der Waals surface area contributed by atoms with Crippen molar-refractivity contribution in [1.29, 1.82) is 5.26 Å². The van der Waals surface area contributed by atoms with Crippen molar-refractivity contribution < 1.29 is 14.3 Å². The zero-order chi connectivity index (χ0) is 22.0. The van der Waals surface area contributed by atoms with Gasteiger partial charge in [-0.2, -0.15) is 5.26 Å². The maximum atomic E-state index is 12.6. The Bertz CT molecular complexity index is 1020. The molecule has 0 radical (unpaired) electrons. The number of nitrogens with one attached hydrogen (secondary N) is 1. The summed E-state index contributed by atoms with van der Waals surface area (Å²) in [6.45, 7) is 4.78. The van der Waals surface area contributed by atoms with Crippen LogP contribution in [-0.2, 0) is 11.3 Å². The van der Waals surface area contributed by atoms with E-state index in [4.69, 9.17) is 14.7 Å². The molecule has 1 saturated heterocycles. The Hall–Kier alpha value is -3.08. The molecule has 2 fully saturated rings. The molecular formula is C25H28N4O3. The molecule has 2 aromatic rings. The number of benzene rings is 2. The van der Waals surface area contributed by atoms with Gasteiger partial charge >= 0.3 is 0 Å². The second-order valence-electron chi connectivity index (χ2n) is 8.89. The van der Waals surface area contributed by atoms with E-state index in [1.54, 1.807) is 0 Å². The van der Waals surface area contributed by atoms with Crippen LogP contribution in [0.1, 0.15) is 36.8 Å². The molecule has 7 nitrogen and oxygen atoms in total. The Balaban J connectivity index is 1.09. The molecule has 2 aliphatic heterocycles. The molecule has 0 bridgehead atoms. The summed E-state index contributed by atoms with van der Waals surface area (Å²) >= 11 is 0. The summed E-state index contributed by atoms with van der Waals surface area (Å²) in [4.78, 5) is 17.2. The van der Waals surface area contributed by atoms with E-state index in [1.807, 2.05) is 42.5 Å². The summed E-state index contributed by atoms with van der Waals surface area (Å²) in [6.07, 6.45) is 4.08. The lowest BCUT2D eigenvalue weighted by molar-refractivity contribution is -0.117. The highest BCUT2D eigenvalue weighted by molar-refractivity contribution is 5.92. The third-order valence-corrected chi connectivity index (χ3v) is 6.51. The molecule has 32 heavy (non-hydrogen) atoms. The Labute approximate surface area is 188 Å². The fraction of sp³-hybridized carbons (Fsp3) is 0.440. The number of nitrogens with zero attached hydrogens (tertiary/aromatic N) is 3. The predicted molar refractivity (Wildman–Crippen MR) is 120 cm³/mol. The van der Waals surface area contributed by atoms with Gasteiger partial charge in [0, 0.05) is 57.3 Å². The molecule has 1 spiro atoms. The number of ether oxygens (including phenoxy) is 2. The van der Waals surface area contributed by atoms with Gasteiger partial charge in [-0.15, -0.1) is 0 Å². The van der Waals surface area contributed by atoms with Crippen LogP contribution in [0.3, 0.4) is 0 Å². The lowest BCUT2D eigenvalue weighted by Gasteiger charge is -2.34. The molecule has 2 heterocycles. The Morgan fingerprint density at radius 3 is 2.38 bits per heavy atom. The summed E-state index contributed by atoms with van der Waals surface area (Å²) in [6, 6.07) is 15.5. The average molecular weight is 433 g/mol. The van der Waals surface area contributed by atoms with Crippen molar-refractivity contribution in [2.45, 2.75) is 38.0 Å². The van der Waals surface area contributed by atoms with Crippen molar-refractivity contribution in [3.8, 4) is 17.6 Å². The van der Waals surface area contributed by atoms with Crippen LogP contribution >= 0.6 is 0 Å². The highest BCUT2D eigenvalue weighted by atomic mass is 16.7. The molecular weight excluding hydrogens is 404 g/mol. The molecule has 0 unspecified atom stereocenters. The van der Waals surface area contributed by atoms with Crippen LogP contribution in [0, 0.1) is 11.3 Å².